The van der Waals surface area contributed by atoms with Crippen molar-refractivity contribution >= 4 is 23.6 Å². The number of halogens is 2. The molecule has 1 heterocycles. The molecule has 0 aliphatic carbocycles. The molecule has 0 aliphatic heterocycles. The summed E-state index contributed by atoms with van der Waals surface area (Å²) in [7, 11) is 1.98. The maximum atomic E-state index is 14.1. The zero-order chi connectivity index (χ0) is 19.6. The Bertz CT molecular complexity index is 997. The Morgan fingerprint density at radius 2 is 1.93 bits per heavy atom. The molecule has 140 valence electrons. The van der Waals surface area contributed by atoms with Crippen LogP contribution in [-0.4, -0.2) is 30.0 Å². The number of hydrogen-bond donors (Lipinski definition) is 0. The first-order valence-electron chi connectivity index (χ1n) is 8.67. The van der Waals surface area contributed by atoms with Crippen molar-refractivity contribution in [3.8, 4) is 22.6 Å². The minimum atomic E-state index is -0.431. The van der Waals surface area contributed by atoms with E-state index < -0.39 is 5.82 Å². The Kier molecular flexibility index (Phi) is 5.61. The van der Waals surface area contributed by atoms with Gasteiger partial charge in [-0.05, 0) is 62.2 Å². The summed E-state index contributed by atoms with van der Waals surface area (Å²) < 4.78 is 19.6. The van der Waals surface area contributed by atoms with Crippen LogP contribution in [0.25, 0.3) is 22.6 Å². The monoisotopic (exact) mass is 385 g/mol. The average molecular weight is 386 g/mol. The highest BCUT2D eigenvalue weighted by molar-refractivity contribution is 6.30. The van der Waals surface area contributed by atoms with E-state index in [1.54, 1.807) is 18.2 Å². The van der Waals surface area contributed by atoms with E-state index in [4.69, 9.17) is 16.1 Å². The van der Waals surface area contributed by atoms with Crippen molar-refractivity contribution in [2.24, 2.45) is 4.99 Å². The van der Waals surface area contributed by atoms with Gasteiger partial charge < -0.3 is 9.42 Å². The lowest BCUT2D eigenvalue weighted by molar-refractivity contribution is 0.434. The van der Waals surface area contributed by atoms with Crippen LogP contribution in [0.15, 0.2) is 45.9 Å². The van der Waals surface area contributed by atoms with Gasteiger partial charge in [-0.1, -0.05) is 16.8 Å². The number of rotatable bonds is 5. The number of nitrogens with zero attached hydrogens (tertiary/aromatic N) is 3. The van der Waals surface area contributed by atoms with Gasteiger partial charge in [-0.25, -0.2) is 9.38 Å². The van der Waals surface area contributed by atoms with Gasteiger partial charge in [0.25, 0.3) is 0 Å². The summed E-state index contributed by atoms with van der Waals surface area (Å²) in [5.41, 5.74) is 4.62. The molecule has 0 fully saturated rings. The summed E-state index contributed by atoms with van der Waals surface area (Å²) in [6, 6.07) is 10.2. The molecule has 0 unspecified atom stereocenters. The smallest absolute Gasteiger partial charge is 0.167 e. The molecule has 0 radical (unpaired) electrons. The van der Waals surface area contributed by atoms with E-state index in [1.165, 1.54) is 6.07 Å². The Labute approximate surface area is 163 Å². The van der Waals surface area contributed by atoms with Crippen LogP contribution in [0.2, 0.25) is 5.02 Å². The first kappa shape index (κ1) is 19.1. The minimum Gasteiger partial charge on any atom is -0.366 e. The lowest BCUT2D eigenvalue weighted by Gasteiger charge is -2.10. The highest BCUT2D eigenvalue weighted by Crippen LogP contribution is 2.33. The summed E-state index contributed by atoms with van der Waals surface area (Å²) in [6.07, 6.45) is 1.82. The Morgan fingerprint density at radius 1 is 1.15 bits per heavy atom. The average Bonchev–Trinajstić information content (AvgIpc) is 3.11. The standard InChI is InChI=1S/C21H21ClFN3O/c1-5-26(4)12-24-19-9-13(2)17(8-14(19)3)21-11-20(25-27-21)16-7-6-15(22)10-18(16)23/h6-12H,5H2,1-4H3/b24-12-. The second kappa shape index (κ2) is 7.92. The first-order chi connectivity index (χ1) is 12.9. The van der Waals surface area contributed by atoms with Crippen LogP contribution in [-0.2, 0) is 0 Å². The molecule has 27 heavy (non-hydrogen) atoms. The fraction of sp³-hybridized carbons (Fsp3) is 0.238. The maximum absolute atomic E-state index is 14.1. The third kappa shape index (κ3) is 4.19. The molecule has 3 aromatic rings. The van der Waals surface area contributed by atoms with Gasteiger partial charge in [-0.3, -0.25) is 0 Å². The topological polar surface area (TPSA) is 41.6 Å². The van der Waals surface area contributed by atoms with Gasteiger partial charge in [-0.2, -0.15) is 0 Å². The third-order valence-electron chi connectivity index (χ3n) is 4.42. The quantitative estimate of drug-likeness (QED) is 0.397. The minimum absolute atomic E-state index is 0.344. The van der Waals surface area contributed by atoms with Crippen molar-refractivity contribution in [1.29, 1.82) is 0 Å². The van der Waals surface area contributed by atoms with E-state index in [2.05, 4.69) is 17.1 Å². The Balaban J connectivity index is 1.95. The molecule has 0 saturated heterocycles. The second-order valence-corrected chi connectivity index (χ2v) is 6.91. The molecule has 0 atom stereocenters. The Hall–Kier alpha value is -2.66. The van der Waals surface area contributed by atoms with E-state index >= 15 is 0 Å². The molecule has 0 spiro atoms. The van der Waals surface area contributed by atoms with E-state index in [1.807, 2.05) is 44.3 Å². The van der Waals surface area contributed by atoms with Crippen LogP contribution in [0, 0.1) is 19.7 Å². The normalized spacial score (nSPS) is 11.3. The zero-order valence-corrected chi connectivity index (χ0v) is 16.5. The van der Waals surface area contributed by atoms with Gasteiger partial charge in [0.05, 0.1) is 12.0 Å². The molecule has 0 saturated carbocycles. The van der Waals surface area contributed by atoms with Gasteiger partial charge in [0.2, 0.25) is 0 Å². The second-order valence-electron chi connectivity index (χ2n) is 6.47. The fourth-order valence-corrected chi connectivity index (χ4v) is 2.83. The van der Waals surface area contributed by atoms with Crippen molar-refractivity contribution in [3.63, 3.8) is 0 Å². The van der Waals surface area contributed by atoms with Gasteiger partial charge in [0, 0.05) is 35.8 Å². The fourth-order valence-electron chi connectivity index (χ4n) is 2.67. The first-order valence-corrected chi connectivity index (χ1v) is 9.05. The predicted octanol–water partition coefficient (Wildman–Crippen LogP) is 6.03. The highest BCUT2D eigenvalue weighted by Gasteiger charge is 2.15. The van der Waals surface area contributed by atoms with Gasteiger partial charge in [0.1, 0.15) is 11.5 Å². The number of aromatic nitrogens is 1. The largest absolute Gasteiger partial charge is 0.366 e. The van der Waals surface area contributed by atoms with Crippen LogP contribution in [0.5, 0.6) is 0 Å². The molecule has 0 amide bonds. The summed E-state index contributed by atoms with van der Waals surface area (Å²) >= 11 is 5.81. The van der Waals surface area contributed by atoms with E-state index in [0.29, 0.717) is 22.0 Å². The van der Waals surface area contributed by atoms with Crippen molar-refractivity contribution < 1.29 is 8.91 Å². The molecule has 0 N–H and O–H groups in total. The number of hydrogen-bond acceptors (Lipinski definition) is 3. The van der Waals surface area contributed by atoms with Crippen molar-refractivity contribution in [1.82, 2.24) is 10.1 Å². The van der Waals surface area contributed by atoms with Crippen molar-refractivity contribution in [3.05, 3.63) is 58.4 Å². The number of aliphatic imine (C=N–C) groups is 1. The predicted molar refractivity (Wildman–Crippen MR) is 108 cm³/mol. The summed E-state index contributed by atoms with van der Waals surface area (Å²) in [6.45, 7) is 6.94. The third-order valence-corrected chi connectivity index (χ3v) is 4.65. The number of benzene rings is 2. The van der Waals surface area contributed by atoms with Gasteiger partial charge in [-0.15, -0.1) is 0 Å². The lowest BCUT2D eigenvalue weighted by Crippen LogP contribution is -2.14. The van der Waals surface area contributed by atoms with Crippen molar-refractivity contribution in [2.75, 3.05) is 13.6 Å². The SMILES string of the molecule is CCN(C)/C=N\c1cc(C)c(-c2cc(-c3ccc(Cl)cc3F)no2)cc1C. The molecule has 0 aliphatic rings. The summed E-state index contributed by atoms with van der Waals surface area (Å²) in [5, 5.41) is 4.37. The van der Waals surface area contributed by atoms with Crippen LogP contribution in [0.3, 0.4) is 0 Å². The Morgan fingerprint density at radius 3 is 2.63 bits per heavy atom. The molecule has 3 rings (SSSR count). The van der Waals surface area contributed by atoms with E-state index in [0.717, 1.165) is 28.9 Å². The van der Waals surface area contributed by atoms with E-state index in [-0.39, 0.29) is 0 Å². The maximum Gasteiger partial charge on any atom is 0.167 e. The molecule has 1 aromatic heterocycles. The molecule has 4 nitrogen and oxygen atoms in total. The van der Waals surface area contributed by atoms with Gasteiger partial charge >= 0.3 is 0 Å². The molecular weight excluding hydrogens is 365 g/mol. The van der Waals surface area contributed by atoms with Crippen LogP contribution in [0.4, 0.5) is 10.1 Å². The van der Waals surface area contributed by atoms with Crippen LogP contribution >= 0.6 is 11.6 Å². The van der Waals surface area contributed by atoms with Crippen LogP contribution < -0.4 is 0 Å². The summed E-state index contributed by atoms with van der Waals surface area (Å²) in [4.78, 5) is 6.54. The molecule has 2 aromatic carbocycles. The molecule has 0 bridgehead atoms. The zero-order valence-electron chi connectivity index (χ0n) is 15.8. The van der Waals surface area contributed by atoms with Crippen LogP contribution in [0.1, 0.15) is 18.1 Å². The molecule has 6 heteroatoms. The lowest BCUT2D eigenvalue weighted by atomic mass is 10.0. The van der Waals surface area contributed by atoms with Crippen molar-refractivity contribution in [2.45, 2.75) is 20.8 Å². The summed E-state index contributed by atoms with van der Waals surface area (Å²) in [5.74, 6) is 0.154. The van der Waals surface area contributed by atoms with Gasteiger partial charge in [0.15, 0.2) is 5.76 Å². The number of aryl methyl sites for hydroxylation is 2. The highest BCUT2D eigenvalue weighted by atomic mass is 35.5. The van der Waals surface area contributed by atoms with E-state index in [9.17, 15) is 4.39 Å². The molecular formula is C21H21ClFN3O.